The number of rotatable bonds is 6. The molecule has 5 heteroatoms. The first kappa shape index (κ1) is 15.8. The van der Waals surface area contributed by atoms with Gasteiger partial charge >= 0.3 is 0 Å². The Balaban J connectivity index is 1.70. The van der Waals surface area contributed by atoms with E-state index in [1.165, 1.54) is 5.56 Å². The molecule has 0 unspecified atom stereocenters. The van der Waals surface area contributed by atoms with E-state index < -0.39 is 0 Å². The van der Waals surface area contributed by atoms with Gasteiger partial charge in [-0.2, -0.15) is 0 Å². The van der Waals surface area contributed by atoms with E-state index in [1.807, 2.05) is 30.3 Å². The van der Waals surface area contributed by atoms with Gasteiger partial charge < -0.3 is 15.1 Å². The molecular weight excluding hydrogens is 302 g/mol. The van der Waals surface area contributed by atoms with Crippen LogP contribution in [0.15, 0.2) is 65.4 Å². The lowest BCUT2D eigenvalue weighted by Gasteiger charge is -2.11. The summed E-state index contributed by atoms with van der Waals surface area (Å²) in [4.78, 5) is 16.4. The first-order valence-corrected chi connectivity index (χ1v) is 7.88. The third-order valence-corrected chi connectivity index (χ3v) is 3.67. The van der Waals surface area contributed by atoms with Gasteiger partial charge in [0.2, 0.25) is 0 Å². The van der Waals surface area contributed by atoms with Gasteiger partial charge in [0.1, 0.15) is 11.5 Å². The monoisotopic (exact) mass is 321 g/mol. The number of aromatic nitrogens is 1. The van der Waals surface area contributed by atoms with Crippen LogP contribution in [0.2, 0.25) is 0 Å². The lowest BCUT2D eigenvalue weighted by atomic mass is 10.1. The second kappa shape index (κ2) is 7.46. The molecule has 0 radical (unpaired) electrons. The zero-order valence-corrected chi connectivity index (χ0v) is 13.5. The van der Waals surface area contributed by atoms with Crippen molar-refractivity contribution in [1.29, 1.82) is 0 Å². The molecule has 2 N–H and O–H groups in total. The van der Waals surface area contributed by atoms with E-state index in [0.29, 0.717) is 18.0 Å². The van der Waals surface area contributed by atoms with Gasteiger partial charge in [-0.25, -0.2) is 0 Å². The Morgan fingerprint density at radius 2 is 2.04 bits per heavy atom. The summed E-state index contributed by atoms with van der Waals surface area (Å²) < 4.78 is 5.20. The molecule has 0 atom stereocenters. The summed E-state index contributed by atoms with van der Waals surface area (Å²) in [6, 6.07) is 15.3. The topological polar surface area (TPSA) is 67.2 Å². The maximum absolute atomic E-state index is 12.2. The molecule has 2 heterocycles. The molecule has 0 saturated heterocycles. The van der Waals surface area contributed by atoms with Gasteiger partial charge in [-0.05, 0) is 42.3 Å². The number of aryl methyl sites for hydroxylation is 1. The zero-order chi connectivity index (χ0) is 16.8. The van der Waals surface area contributed by atoms with Crippen LogP contribution >= 0.6 is 0 Å². The quantitative estimate of drug-likeness (QED) is 0.722. The Bertz CT molecular complexity index is 813. The van der Waals surface area contributed by atoms with Crippen molar-refractivity contribution in [2.24, 2.45) is 0 Å². The Labute approximate surface area is 140 Å². The Kier molecular flexibility index (Phi) is 4.91. The lowest BCUT2D eigenvalue weighted by Crippen LogP contribution is -2.23. The van der Waals surface area contributed by atoms with E-state index in [0.717, 1.165) is 17.8 Å². The van der Waals surface area contributed by atoms with E-state index in [1.54, 1.807) is 24.6 Å². The predicted molar refractivity (Wildman–Crippen MR) is 93.2 cm³/mol. The van der Waals surface area contributed by atoms with Crippen LogP contribution in [-0.2, 0) is 13.0 Å². The number of carbonyl (C=O) groups is 1. The third-order valence-electron chi connectivity index (χ3n) is 3.67. The first-order valence-electron chi connectivity index (χ1n) is 7.88. The molecule has 24 heavy (non-hydrogen) atoms. The largest absolute Gasteiger partial charge is 0.467 e. The van der Waals surface area contributed by atoms with Crippen molar-refractivity contribution in [3.8, 4) is 0 Å². The number of hydrogen-bond acceptors (Lipinski definition) is 4. The van der Waals surface area contributed by atoms with Crippen LogP contribution in [0.1, 0.15) is 28.7 Å². The van der Waals surface area contributed by atoms with Gasteiger partial charge in [0, 0.05) is 17.6 Å². The summed E-state index contributed by atoms with van der Waals surface area (Å²) in [6.45, 7) is 2.45. The molecule has 3 aromatic rings. The van der Waals surface area contributed by atoms with Gasteiger partial charge in [0.25, 0.3) is 5.91 Å². The van der Waals surface area contributed by atoms with Gasteiger partial charge in [-0.1, -0.05) is 25.1 Å². The fourth-order valence-corrected chi connectivity index (χ4v) is 2.41. The van der Waals surface area contributed by atoms with Crippen molar-refractivity contribution in [3.63, 3.8) is 0 Å². The minimum absolute atomic E-state index is 0.237. The molecule has 0 saturated carbocycles. The van der Waals surface area contributed by atoms with Crippen LogP contribution in [0, 0.1) is 0 Å². The van der Waals surface area contributed by atoms with Crippen LogP contribution in [0.5, 0.6) is 0 Å². The highest BCUT2D eigenvalue weighted by molar-refractivity contribution is 5.93. The van der Waals surface area contributed by atoms with Crippen molar-refractivity contribution in [1.82, 2.24) is 10.3 Å². The molecule has 0 bridgehead atoms. The number of nitrogens with one attached hydrogen (secondary N) is 2. The summed E-state index contributed by atoms with van der Waals surface area (Å²) in [6.07, 6.45) is 4.14. The highest BCUT2D eigenvalue weighted by atomic mass is 16.3. The summed E-state index contributed by atoms with van der Waals surface area (Å²) in [5.74, 6) is 0.466. The average Bonchev–Trinajstić information content (AvgIpc) is 3.14. The summed E-state index contributed by atoms with van der Waals surface area (Å²) in [5.41, 5.74) is 3.45. The average molecular weight is 321 g/mol. The molecule has 0 spiro atoms. The number of furan rings is 1. The van der Waals surface area contributed by atoms with E-state index in [-0.39, 0.29) is 5.91 Å². The van der Waals surface area contributed by atoms with Crippen molar-refractivity contribution in [2.75, 3.05) is 5.32 Å². The number of benzene rings is 1. The Morgan fingerprint density at radius 1 is 1.17 bits per heavy atom. The van der Waals surface area contributed by atoms with Crippen LogP contribution in [0.25, 0.3) is 0 Å². The minimum Gasteiger partial charge on any atom is -0.467 e. The molecular formula is C19H19N3O2. The summed E-state index contributed by atoms with van der Waals surface area (Å²) >= 11 is 0. The van der Waals surface area contributed by atoms with Crippen LogP contribution in [0.4, 0.5) is 11.4 Å². The smallest absolute Gasteiger partial charge is 0.270 e. The van der Waals surface area contributed by atoms with E-state index in [9.17, 15) is 4.79 Å². The normalized spacial score (nSPS) is 10.4. The van der Waals surface area contributed by atoms with Gasteiger partial charge in [-0.3, -0.25) is 9.78 Å². The predicted octanol–water partition coefficient (Wildman–Crippen LogP) is 3.91. The Morgan fingerprint density at radius 3 is 2.83 bits per heavy atom. The van der Waals surface area contributed by atoms with E-state index >= 15 is 0 Å². The second-order valence-electron chi connectivity index (χ2n) is 5.33. The Hall–Kier alpha value is -3.08. The number of carbonyl (C=O) groups excluding carboxylic acids is 1. The van der Waals surface area contributed by atoms with Crippen molar-refractivity contribution >= 4 is 17.3 Å². The molecule has 0 aliphatic carbocycles. The summed E-state index contributed by atoms with van der Waals surface area (Å²) in [5, 5.41) is 6.14. The molecule has 5 nitrogen and oxygen atoms in total. The van der Waals surface area contributed by atoms with Crippen LogP contribution in [-0.4, -0.2) is 10.9 Å². The fourth-order valence-electron chi connectivity index (χ4n) is 2.41. The highest BCUT2D eigenvalue weighted by Crippen LogP contribution is 2.21. The molecule has 1 amide bonds. The first-order chi connectivity index (χ1) is 11.8. The lowest BCUT2D eigenvalue weighted by molar-refractivity contribution is 0.0943. The molecule has 2 aromatic heterocycles. The number of para-hydroxylation sites is 1. The SMILES string of the molecule is CCc1ccccc1Nc1ccnc(C(=O)NCc2ccco2)c1. The van der Waals surface area contributed by atoms with E-state index in [2.05, 4.69) is 28.6 Å². The van der Waals surface area contributed by atoms with Crippen molar-refractivity contribution in [2.45, 2.75) is 19.9 Å². The molecule has 0 aliphatic rings. The van der Waals surface area contributed by atoms with Gasteiger partial charge in [0.15, 0.2) is 0 Å². The molecule has 0 fully saturated rings. The molecule has 1 aromatic carbocycles. The minimum atomic E-state index is -0.237. The maximum Gasteiger partial charge on any atom is 0.270 e. The van der Waals surface area contributed by atoms with Gasteiger partial charge in [-0.15, -0.1) is 0 Å². The van der Waals surface area contributed by atoms with Crippen molar-refractivity contribution in [3.05, 3.63) is 78.0 Å². The second-order valence-corrected chi connectivity index (χ2v) is 5.33. The standard InChI is InChI=1S/C19H19N3O2/c1-2-14-6-3-4-8-17(14)22-15-9-10-20-18(12-15)19(23)21-13-16-7-5-11-24-16/h3-12H,2,13H2,1H3,(H,20,22)(H,21,23). The maximum atomic E-state index is 12.2. The zero-order valence-electron chi connectivity index (χ0n) is 13.5. The number of pyridine rings is 1. The molecule has 3 rings (SSSR count). The van der Waals surface area contributed by atoms with Crippen LogP contribution in [0.3, 0.4) is 0 Å². The third kappa shape index (κ3) is 3.81. The molecule has 0 aliphatic heterocycles. The van der Waals surface area contributed by atoms with Gasteiger partial charge in [0.05, 0.1) is 12.8 Å². The highest BCUT2D eigenvalue weighted by Gasteiger charge is 2.09. The number of anilines is 2. The van der Waals surface area contributed by atoms with E-state index in [4.69, 9.17) is 4.42 Å². The molecule has 122 valence electrons. The number of nitrogens with zero attached hydrogens (tertiary/aromatic N) is 1. The number of hydrogen-bond donors (Lipinski definition) is 2. The van der Waals surface area contributed by atoms with Crippen molar-refractivity contribution < 1.29 is 9.21 Å². The fraction of sp³-hybridized carbons (Fsp3) is 0.158. The van der Waals surface area contributed by atoms with Crippen LogP contribution < -0.4 is 10.6 Å². The number of amides is 1. The summed E-state index contributed by atoms with van der Waals surface area (Å²) in [7, 11) is 0.